The Hall–Kier alpha value is -1.10. The van der Waals surface area contributed by atoms with Gasteiger partial charge in [-0.05, 0) is 12.3 Å². The Kier molecular flexibility index (Phi) is 6.70. The van der Waals surface area contributed by atoms with Crippen molar-refractivity contribution in [3.63, 3.8) is 0 Å². The predicted molar refractivity (Wildman–Crippen MR) is 55.5 cm³/mol. The minimum Gasteiger partial charge on any atom is -0.481 e. The van der Waals surface area contributed by atoms with Gasteiger partial charge in [0, 0.05) is 6.92 Å². The Bertz CT molecular complexity index is 207. The summed E-state index contributed by atoms with van der Waals surface area (Å²) in [6, 6.07) is -0.641. The molecule has 0 bridgehead atoms. The zero-order valence-corrected chi connectivity index (χ0v) is 8.98. The van der Waals surface area contributed by atoms with E-state index in [0.29, 0.717) is 12.3 Å². The minimum atomic E-state index is -0.864. The van der Waals surface area contributed by atoms with Crippen molar-refractivity contribution in [2.45, 2.75) is 45.1 Å². The average Bonchev–Trinajstić information content (AvgIpc) is 2.55. The highest BCUT2D eigenvalue weighted by atomic mass is 16.4. The third-order valence-corrected chi connectivity index (χ3v) is 2.38. The molecule has 0 amide bonds. The van der Waals surface area contributed by atoms with Crippen molar-refractivity contribution in [2.75, 3.05) is 0 Å². The second-order valence-corrected chi connectivity index (χ2v) is 3.85. The van der Waals surface area contributed by atoms with E-state index in [2.05, 4.69) is 0 Å². The molecule has 0 aromatic rings. The summed E-state index contributed by atoms with van der Waals surface area (Å²) in [6.07, 6.45) is 5.49. The van der Waals surface area contributed by atoms with Gasteiger partial charge in [0.1, 0.15) is 6.04 Å². The topological polar surface area (TPSA) is 101 Å². The summed E-state index contributed by atoms with van der Waals surface area (Å²) in [4.78, 5) is 19.4. The largest absolute Gasteiger partial charge is 0.481 e. The van der Waals surface area contributed by atoms with Crippen LogP contribution in [0.5, 0.6) is 0 Å². The van der Waals surface area contributed by atoms with Gasteiger partial charge < -0.3 is 15.9 Å². The van der Waals surface area contributed by atoms with E-state index in [1.165, 1.54) is 25.7 Å². The van der Waals surface area contributed by atoms with Crippen molar-refractivity contribution in [1.82, 2.24) is 0 Å². The van der Waals surface area contributed by atoms with Crippen molar-refractivity contribution in [3.8, 4) is 0 Å². The van der Waals surface area contributed by atoms with E-state index >= 15 is 0 Å². The quantitative estimate of drug-likeness (QED) is 0.656. The third-order valence-electron chi connectivity index (χ3n) is 2.38. The van der Waals surface area contributed by atoms with E-state index in [1.807, 2.05) is 0 Å². The standard InChI is InChI=1S/C8H15NO2.C2H4O2/c9-7(8(10)11)5-6-3-1-2-4-6;1-2(3)4/h6-7H,1-5,9H2,(H,10,11);1H3,(H,3,4). The predicted octanol–water partition coefficient (Wildman–Crippen LogP) is 1.07. The number of carboxylic acids is 2. The lowest BCUT2D eigenvalue weighted by Crippen LogP contribution is -2.31. The first kappa shape index (κ1) is 13.9. The van der Waals surface area contributed by atoms with Crippen molar-refractivity contribution in [3.05, 3.63) is 0 Å². The molecule has 0 aliphatic heterocycles. The van der Waals surface area contributed by atoms with Crippen molar-refractivity contribution in [1.29, 1.82) is 0 Å². The van der Waals surface area contributed by atoms with Crippen LogP contribution in [0.15, 0.2) is 0 Å². The normalized spacial score (nSPS) is 17.7. The molecule has 1 atom stereocenters. The number of hydrogen-bond acceptors (Lipinski definition) is 3. The molecule has 1 aliphatic rings. The van der Waals surface area contributed by atoms with Gasteiger partial charge in [-0.3, -0.25) is 9.59 Å². The van der Waals surface area contributed by atoms with Crippen LogP contribution in [-0.4, -0.2) is 28.2 Å². The first-order valence-corrected chi connectivity index (χ1v) is 5.11. The van der Waals surface area contributed by atoms with Gasteiger partial charge in [0.25, 0.3) is 5.97 Å². The zero-order chi connectivity index (χ0) is 11.8. The first-order valence-electron chi connectivity index (χ1n) is 5.11. The van der Waals surface area contributed by atoms with Crippen LogP contribution in [-0.2, 0) is 9.59 Å². The summed E-state index contributed by atoms with van der Waals surface area (Å²) in [5, 5.41) is 15.9. The summed E-state index contributed by atoms with van der Waals surface area (Å²) < 4.78 is 0. The maximum absolute atomic E-state index is 10.4. The Morgan fingerprint density at radius 1 is 1.33 bits per heavy atom. The van der Waals surface area contributed by atoms with Crippen LogP contribution in [0, 0.1) is 5.92 Å². The molecule has 1 rings (SSSR count). The lowest BCUT2D eigenvalue weighted by molar-refractivity contribution is -0.139. The molecule has 1 unspecified atom stereocenters. The highest BCUT2D eigenvalue weighted by Crippen LogP contribution is 2.28. The zero-order valence-electron chi connectivity index (χ0n) is 8.98. The van der Waals surface area contributed by atoms with Crippen LogP contribution >= 0.6 is 0 Å². The van der Waals surface area contributed by atoms with Crippen molar-refractivity contribution >= 4 is 11.9 Å². The summed E-state index contributed by atoms with van der Waals surface area (Å²) in [7, 11) is 0. The number of rotatable bonds is 3. The van der Waals surface area contributed by atoms with E-state index in [0.717, 1.165) is 6.92 Å². The van der Waals surface area contributed by atoms with Gasteiger partial charge in [-0.25, -0.2) is 0 Å². The van der Waals surface area contributed by atoms with Crippen LogP contribution in [0.2, 0.25) is 0 Å². The molecule has 0 heterocycles. The molecule has 0 radical (unpaired) electrons. The average molecular weight is 217 g/mol. The minimum absolute atomic E-state index is 0.570. The Morgan fingerprint density at radius 2 is 1.73 bits per heavy atom. The molecular formula is C10H19NO4. The fourth-order valence-electron chi connectivity index (χ4n) is 1.71. The van der Waals surface area contributed by atoms with Gasteiger partial charge in [-0.2, -0.15) is 0 Å². The molecule has 0 saturated heterocycles. The van der Waals surface area contributed by atoms with E-state index in [4.69, 9.17) is 20.7 Å². The highest BCUT2D eigenvalue weighted by Gasteiger charge is 2.21. The summed E-state index contributed by atoms with van der Waals surface area (Å²) in [6.45, 7) is 1.08. The van der Waals surface area contributed by atoms with Gasteiger partial charge in [0.15, 0.2) is 0 Å². The van der Waals surface area contributed by atoms with E-state index in [-0.39, 0.29) is 0 Å². The van der Waals surface area contributed by atoms with Crippen LogP contribution in [0.3, 0.4) is 0 Å². The van der Waals surface area contributed by atoms with Crippen molar-refractivity contribution < 1.29 is 19.8 Å². The van der Waals surface area contributed by atoms with Gasteiger partial charge >= 0.3 is 5.97 Å². The smallest absolute Gasteiger partial charge is 0.320 e. The Morgan fingerprint density at radius 3 is 2.07 bits per heavy atom. The van der Waals surface area contributed by atoms with Gasteiger partial charge in [0.05, 0.1) is 0 Å². The summed E-state index contributed by atoms with van der Waals surface area (Å²) in [5.41, 5.74) is 5.40. The lowest BCUT2D eigenvalue weighted by atomic mass is 9.99. The third kappa shape index (κ3) is 7.93. The van der Waals surface area contributed by atoms with Crippen LogP contribution < -0.4 is 5.73 Å². The monoisotopic (exact) mass is 217 g/mol. The van der Waals surface area contributed by atoms with E-state index in [9.17, 15) is 4.79 Å². The molecular weight excluding hydrogens is 198 g/mol. The fourth-order valence-corrected chi connectivity index (χ4v) is 1.71. The van der Waals surface area contributed by atoms with Crippen molar-refractivity contribution in [2.24, 2.45) is 11.7 Å². The molecule has 0 aromatic heterocycles. The van der Waals surface area contributed by atoms with Gasteiger partial charge in [-0.1, -0.05) is 25.7 Å². The summed E-state index contributed by atoms with van der Waals surface area (Å²) >= 11 is 0. The van der Waals surface area contributed by atoms with Gasteiger partial charge in [-0.15, -0.1) is 0 Å². The maximum atomic E-state index is 10.4. The van der Waals surface area contributed by atoms with E-state index in [1.54, 1.807) is 0 Å². The molecule has 1 fully saturated rings. The SMILES string of the molecule is CC(=O)O.NC(CC1CCCC1)C(=O)O. The number of nitrogens with two attached hydrogens (primary N) is 1. The number of carboxylic acid groups (broad SMARTS) is 2. The van der Waals surface area contributed by atoms with E-state index < -0.39 is 18.0 Å². The fraction of sp³-hybridized carbons (Fsp3) is 0.800. The second-order valence-electron chi connectivity index (χ2n) is 3.85. The number of aliphatic carboxylic acids is 2. The Labute approximate surface area is 89.3 Å². The molecule has 5 nitrogen and oxygen atoms in total. The molecule has 0 spiro atoms. The molecule has 15 heavy (non-hydrogen) atoms. The number of hydrogen-bond donors (Lipinski definition) is 3. The second kappa shape index (κ2) is 7.23. The lowest BCUT2D eigenvalue weighted by Gasteiger charge is -2.11. The molecule has 4 N–H and O–H groups in total. The molecule has 5 heteroatoms. The first-order chi connectivity index (χ1) is 6.93. The molecule has 88 valence electrons. The van der Waals surface area contributed by atoms with Crippen LogP contribution in [0.4, 0.5) is 0 Å². The summed E-state index contributed by atoms with van der Waals surface area (Å²) in [5.74, 6) is -1.13. The molecule has 1 aliphatic carbocycles. The van der Waals surface area contributed by atoms with Gasteiger partial charge in [0.2, 0.25) is 0 Å². The molecule has 1 saturated carbocycles. The Balaban J connectivity index is 0.000000423. The highest BCUT2D eigenvalue weighted by molar-refractivity contribution is 5.73. The van der Waals surface area contributed by atoms with Crippen LogP contribution in [0.25, 0.3) is 0 Å². The molecule has 0 aromatic carbocycles. The van der Waals surface area contributed by atoms with Crippen LogP contribution in [0.1, 0.15) is 39.0 Å². The maximum Gasteiger partial charge on any atom is 0.320 e. The number of carbonyl (C=O) groups is 2.